The van der Waals surface area contributed by atoms with Crippen molar-refractivity contribution in [2.45, 2.75) is 19.8 Å². The largest absolute Gasteiger partial charge is 0.477 e. The van der Waals surface area contributed by atoms with Crippen molar-refractivity contribution in [3.8, 4) is 5.88 Å². The number of nitrogen functional groups attached to an aromatic ring is 1. The molecule has 0 aliphatic heterocycles. The number of halogens is 2. The van der Waals surface area contributed by atoms with Crippen LogP contribution in [0.2, 0.25) is 10.0 Å². The molecule has 2 N–H and O–H groups in total. The molecule has 1 aromatic heterocycles. The van der Waals surface area contributed by atoms with Crippen LogP contribution in [0.25, 0.3) is 0 Å². The van der Waals surface area contributed by atoms with Crippen LogP contribution in [-0.4, -0.2) is 11.6 Å². The number of unbranched alkanes of at least 4 members (excludes halogenated alkanes) is 1. The van der Waals surface area contributed by atoms with Gasteiger partial charge >= 0.3 is 0 Å². The van der Waals surface area contributed by atoms with Gasteiger partial charge in [0, 0.05) is 0 Å². The van der Waals surface area contributed by atoms with Gasteiger partial charge in [0.25, 0.3) is 0 Å². The van der Waals surface area contributed by atoms with Crippen LogP contribution >= 0.6 is 23.2 Å². The monoisotopic (exact) mass is 234 g/mol. The first-order valence-electron chi connectivity index (χ1n) is 4.39. The van der Waals surface area contributed by atoms with Crippen LogP contribution in [0.3, 0.4) is 0 Å². The van der Waals surface area contributed by atoms with Gasteiger partial charge in [-0.1, -0.05) is 36.5 Å². The molecule has 0 amide bonds. The first-order valence-corrected chi connectivity index (χ1v) is 5.15. The summed E-state index contributed by atoms with van der Waals surface area (Å²) >= 11 is 11.6. The van der Waals surface area contributed by atoms with E-state index in [0.29, 0.717) is 22.5 Å². The topological polar surface area (TPSA) is 48.1 Å². The second-order valence-electron chi connectivity index (χ2n) is 2.84. The predicted octanol–water partition coefficient (Wildman–Crippen LogP) is 3.15. The summed E-state index contributed by atoms with van der Waals surface area (Å²) in [4.78, 5) is 3.94. The SMILES string of the molecule is CCCCOc1nc(N)c(Cl)cc1Cl. The summed E-state index contributed by atoms with van der Waals surface area (Å²) in [6, 6.07) is 1.53. The van der Waals surface area contributed by atoms with E-state index in [1.54, 1.807) is 0 Å². The second-order valence-corrected chi connectivity index (χ2v) is 3.66. The molecule has 0 saturated heterocycles. The zero-order valence-electron chi connectivity index (χ0n) is 7.89. The molecule has 0 unspecified atom stereocenters. The highest BCUT2D eigenvalue weighted by Gasteiger charge is 2.07. The van der Waals surface area contributed by atoms with Gasteiger partial charge < -0.3 is 10.5 Å². The Morgan fingerprint density at radius 1 is 1.43 bits per heavy atom. The molecule has 5 heteroatoms. The Morgan fingerprint density at radius 2 is 2.14 bits per heavy atom. The fraction of sp³-hybridized carbons (Fsp3) is 0.444. The molecule has 3 nitrogen and oxygen atoms in total. The molecule has 0 aliphatic carbocycles. The van der Waals surface area contributed by atoms with Crippen LogP contribution < -0.4 is 10.5 Å². The Balaban J connectivity index is 2.72. The first-order chi connectivity index (χ1) is 6.65. The van der Waals surface area contributed by atoms with E-state index in [9.17, 15) is 0 Å². The smallest absolute Gasteiger partial charge is 0.234 e. The van der Waals surface area contributed by atoms with Crippen molar-refractivity contribution >= 4 is 29.0 Å². The van der Waals surface area contributed by atoms with Crippen molar-refractivity contribution in [3.05, 3.63) is 16.1 Å². The molecular formula is C9H12Cl2N2O. The molecule has 0 atom stereocenters. The van der Waals surface area contributed by atoms with Gasteiger partial charge in [0.1, 0.15) is 10.8 Å². The molecule has 0 radical (unpaired) electrons. The summed E-state index contributed by atoms with van der Waals surface area (Å²) in [6.07, 6.45) is 2.02. The van der Waals surface area contributed by atoms with E-state index >= 15 is 0 Å². The maximum atomic E-state index is 5.85. The Morgan fingerprint density at radius 3 is 2.79 bits per heavy atom. The van der Waals surface area contributed by atoms with E-state index in [1.807, 2.05) is 0 Å². The highest BCUT2D eigenvalue weighted by atomic mass is 35.5. The van der Waals surface area contributed by atoms with E-state index in [-0.39, 0.29) is 5.82 Å². The summed E-state index contributed by atoms with van der Waals surface area (Å²) in [6.45, 7) is 2.67. The Hall–Kier alpha value is -0.670. The van der Waals surface area contributed by atoms with Crippen molar-refractivity contribution < 1.29 is 4.74 Å². The van der Waals surface area contributed by atoms with Crippen molar-refractivity contribution in [3.63, 3.8) is 0 Å². The average molecular weight is 235 g/mol. The molecule has 14 heavy (non-hydrogen) atoms. The van der Waals surface area contributed by atoms with E-state index in [1.165, 1.54) is 6.07 Å². The molecule has 1 heterocycles. The minimum atomic E-state index is 0.238. The number of rotatable bonds is 4. The fourth-order valence-corrected chi connectivity index (χ4v) is 1.29. The lowest BCUT2D eigenvalue weighted by molar-refractivity contribution is 0.298. The Kier molecular flexibility index (Phi) is 4.29. The number of aromatic nitrogens is 1. The van der Waals surface area contributed by atoms with E-state index in [0.717, 1.165) is 12.8 Å². The number of nitrogens with zero attached hydrogens (tertiary/aromatic N) is 1. The number of anilines is 1. The van der Waals surface area contributed by atoms with Crippen LogP contribution in [0, 0.1) is 0 Å². The number of pyridine rings is 1. The number of hydrogen-bond acceptors (Lipinski definition) is 3. The standard InChI is InChI=1S/C9H12Cl2N2O/c1-2-3-4-14-9-7(11)5-6(10)8(12)13-9/h5H,2-4H2,1H3,(H2,12,13). The molecule has 1 aromatic rings. The predicted molar refractivity (Wildman–Crippen MR) is 59.1 cm³/mol. The van der Waals surface area contributed by atoms with Gasteiger partial charge in [-0.05, 0) is 12.5 Å². The third-order valence-electron chi connectivity index (χ3n) is 1.66. The maximum Gasteiger partial charge on any atom is 0.234 e. The van der Waals surface area contributed by atoms with Crippen molar-refractivity contribution in [1.29, 1.82) is 0 Å². The highest BCUT2D eigenvalue weighted by Crippen LogP contribution is 2.28. The maximum absolute atomic E-state index is 5.85. The molecular weight excluding hydrogens is 223 g/mol. The van der Waals surface area contributed by atoms with Gasteiger partial charge in [0.2, 0.25) is 5.88 Å². The minimum Gasteiger partial charge on any atom is -0.477 e. The lowest BCUT2D eigenvalue weighted by atomic mass is 10.4. The first kappa shape index (κ1) is 11.4. The number of hydrogen-bond donors (Lipinski definition) is 1. The van der Waals surface area contributed by atoms with Crippen LogP contribution in [0.1, 0.15) is 19.8 Å². The van der Waals surface area contributed by atoms with Crippen LogP contribution in [0.15, 0.2) is 6.07 Å². The summed E-state index contributed by atoms with van der Waals surface area (Å²) in [5.41, 5.74) is 5.51. The molecule has 0 spiro atoms. The van der Waals surface area contributed by atoms with Crippen LogP contribution in [0.4, 0.5) is 5.82 Å². The normalized spacial score (nSPS) is 10.2. The second kappa shape index (κ2) is 5.27. The van der Waals surface area contributed by atoms with Crippen molar-refractivity contribution in [1.82, 2.24) is 4.98 Å². The summed E-state index contributed by atoms with van der Waals surface area (Å²) in [5, 5.41) is 0.734. The van der Waals surface area contributed by atoms with Gasteiger partial charge in [-0.2, -0.15) is 4.98 Å². The average Bonchev–Trinajstić information content (AvgIpc) is 2.14. The summed E-state index contributed by atoms with van der Waals surface area (Å²) in [5.74, 6) is 0.588. The third kappa shape index (κ3) is 2.93. The number of nitrogens with two attached hydrogens (primary N) is 1. The van der Waals surface area contributed by atoms with E-state index < -0.39 is 0 Å². The van der Waals surface area contributed by atoms with Gasteiger partial charge in [0.05, 0.1) is 11.6 Å². The molecule has 0 bridgehead atoms. The molecule has 1 rings (SSSR count). The quantitative estimate of drug-likeness (QED) is 0.815. The van der Waals surface area contributed by atoms with Gasteiger partial charge in [0.15, 0.2) is 0 Å². The summed E-state index contributed by atoms with van der Waals surface area (Å²) in [7, 11) is 0. The highest BCUT2D eigenvalue weighted by molar-refractivity contribution is 6.36. The van der Waals surface area contributed by atoms with Crippen molar-refractivity contribution in [2.75, 3.05) is 12.3 Å². The van der Waals surface area contributed by atoms with Crippen molar-refractivity contribution in [2.24, 2.45) is 0 Å². The molecule has 0 saturated carbocycles. The van der Waals surface area contributed by atoms with E-state index in [4.69, 9.17) is 33.7 Å². The molecule has 0 aromatic carbocycles. The Labute approximate surface area is 93.2 Å². The third-order valence-corrected chi connectivity index (χ3v) is 2.23. The van der Waals surface area contributed by atoms with Gasteiger partial charge in [-0.3, -0.25) is 0 Å². The molecule has 0 fully saturated rings. The zero-order chi connectivity index (χ0) is 10.6. The van der Waals surface area contributed by atoms with Crippen LogP contribution in [-0.2, 0) is 0 Å². The minimum absolute atomic E-state index is 0.238. The molecule has 0 aliphatic rings. The lowest BCUT2D eigenvalue weighted by Gasteiger charge is -2.07. The van der Waals surface area contributed by atoms with Gasteiger partial charge in [-0.25, -0.2) is 0 Å². The Bertz CT molecular complexity index is 318. The lowest BCUT2D eigenvalue weighted by Crippen LogP contribution is -2.01. The molecule has 78 valence electrons. The number of ether oxygens (including phenoxy) is 1. The zero-order valence-corrected chi connectivity index (χ0v) is 9.40. The fourth-order valence-electron chi connectivity index (χ4n) is 0.878. The van der Waals surface area contributed by atoms with Gasteiger partial charge in [-0.15, -0.1) is 0 Å². The van der Waals surface area contributed by atoms with Crippen LogP contribution in [0.5, 0.6) is 5.88 Å². The summed E-state index contributed by atoms with van der Waals surface area (Å²) < 4.78 is 5.33. The van der Waals surface area contributed by atoms with E-state index in [2.05, 4.69) is 11.9 Å².